The van der Waals surface area contributed by atoms with Crippen molar-refractivity contribution in [2.45, 2.75) is 50.7 Å². The predicted molar refractivity (Wildman–Crippen MR) is 93.8 cm³/mol. The van der Waals surface area contributed by atoms with Crippen molar-refractivity contribution in [2.24, 2.45) is 11.8 Å². The van der Waals surface area contributed by atoms with Gasteiger partial charge in [-0.15, -0.1) is 11.6 Å². The van der Waals surface area contributed by atoms with Gasteiger partial charge in [-0.3, -0.25) is 0 Å². The number of aliphatic hydroxyl groups is 2. The maximum absolute atomic E-state index is 10.3. The number of halogens is 1. The Morgan fingerprint density at radius 1 is 1.26 bits per heavy atom. The molecule has 0 unspecified atom stereocenters. The second-order valence-electron chi connectivity index (χ2n) is 6.22. The molecule has 128 valence electrons. The van der Waals surface area contributed by atoms with Gasteiger partial charge < -0.3 is 14.9 Å². The zero-order valence-corrected chi connectivity index (χ0v) is 14.5. The fourth-order valence-corrected chi connectivity index (χ4v) is 3.66. The van der Waals surface area contributed by atoms with Crippen LogP contribution in [0.1, 0.15) is 38.2 Å². The van der Waals surface area contributed by atoms with Crippen LogP contribution in [-0.2, 0) is 6.61 Å². The van der Waals surface area contributed by atoms with E-state index in [0.29, 0.717) is 18.8 Å². The van der Waals surface area contributed by atoms with Gasteiger partial charge in [-0.2, -0.15) is 0 Å². The van der Waals surface area contributed by atoms with Crippen molar-refractivity contribution in [3.63, 3.8) is 0 Å². The summed E-state index contributed by atoms with van der Waals surface area (Å²) in [5.74, 6) is 0.928. The summed E-state index contributed by atoms with van der Waals surface area (Å²) >= 11 is 6.43. The molecule has 0 aromatic heterocycles. The molecule has 0 saturated heterocycles. The van der Waals surface area contributed by atoms with Crippen molar-refractivity contribution in [3.8, 4) is 5.75 Å². The van der Waals surface area contributed by atoms with Crippen molar-refractivity contribution in [1.29, 1.82) is 0 Å². The van der Waals surface area contributed by atoms with Gasteiger partial charge in [0.15, 0.2) is 0 Å². The number of para-hydroxylation sites is 1. The Morgan fingerprint density at radius 3 is 2.78 bits per heavy atom. The second-order valence-corrected chi connectivity index (χ2v) is 6.78. The molecule has 0 heterocycles. The molecule has 1 aliphatic carbocycles. The van der Waals surface area contributed by atoms with Gasteiger partial charge in [0.25, 0.3) is 0 Å². The van der Waals surface area contributed by atoms with E-state index in [4.69, 9.17) is 16.3 Å². The number of unbranched alkanes of at least 4 members (excludes halogenated alkanes) is 1. The first kappa shape index (κ1) is 18.3. The van der Waals surface area contributed by atoms with E-state index in [-0.39, 0.29) is 23.8 Å². The average molecular weight is 339 g/mol. The zero-order chi connectivity index (χ0) is 16.7. The van der Waals surface area contributed by atoms with Crippen LogP contribution in [0.3, 0.4) is 0 Å². The van der Waals surface area contributed by atoms with Gasteiger partial charge in [0.2, 0.25) is 0 Å². The number of aliphatic hydroxyl groups excluding tert-OH is 2. The van der Waals surface area contributed by atoms with Gasteiger partial charge in [0, 0.05) is 16.9 Å². The lowest BCUT2D eigenvalue weighted by molar-refractivity contribution is 0.0799. The first-order valence-electron chi connectivity index (χ1n) is 8.46. The van der Waals surface area contributed by atoms with Gasteiger partial charge in [-0.05, 0) is 31.2 Å². The summed E-state index contributed by atoms with van der Waals surface area (Å²) in [5.41, 5.74) is 0.766. The topological polar surface area (TPSA) is 49.7 Å². The number of ether oxygens (including phenoxy) is 1. The highest BCUT2D eigenvalue weighted by Gasteiger charge is 2.41. The molecule has 2 N–H and O–H groups in total. The van der Waals surface area contributed by atoms with E-state index in [2.05, 4.69) is 19.1 Å². The minimum Gasteiger partial charge on any atom is -0.493 e. The smallest absolute Gasteiger partial charge is 0.124 e. The van der Waals surface area contributed by atoms with Crippen molar-refractivity contribution in [1.82, 2.24) is 0 Å². The number of hydrogen-bond donors (Lipinski definition) is 2. The van der Waals surface area contributed by atoms with E-state index < -0.39 is 6.10 Å². The second kappa shape index (κ2) is 9.31. The molecule has 1 aromatic carbocycles. The van der Waals surface area contributed by atoms with Crippen LogP contribution < -0.4 is 4.74 Å². The highest BCUT2D eigenvalue weighted by Crippen LogP contribution is 2.39. The highest BCUT2D eigenvalue weighted by molar-refractivity contribution is 6.21. The van der Waals surface area contributed by atoms with Crippen LogP contribution in [0.15, 0.2) is 36.4 Å². The standard InChI is InChI=1S/C19H27ClO3/c1-2-3-4-5-9-15-16(18(22)11-17(15)20)13-23-19-10-7-6-8-14(19)12-21/h4-8,10,15-18,21-22H,2-3,9,11-13H2,1H3/b5-4-/t15-,16-,17-,18-/m1/s1. The molecule has 1 fully saturated rings. The zero-order valence-electron chi connectivity index (χ0n) is 13.7. The fourth-order valence-electron chi connectivity index (χ4n) is 3.19. The Hall–Kier alpha value is -1.03. The number of benzene rings is 1. The van der Waals surface area contributed by atoms with E-state index >= 15 is 0 Å². The molecule has 4 heteroatoms. The minimum atomic E-state index is -0.427. The van der Waals surface area contributed by atoms with Crippen LogP contribution in [-0.4, -0.2) is 28.3 Å². The lowest BCUT2D eigenvalue weighted by atomic mass is 9.92. The maximum atomic E-state index is 10.3. The van der Waals surface area contributed by atoms with E-state index in [1.54, 1.807) is 0 Å². The van der Waals surface area contributed by atoms with Crippen molar-refractivity contribution in [2.75, 3.05) is 6.61 Å². The molecule has 1 aromatic rings. The van der Waals surface area contributed by atoms with E-state index in [9.17, 15) is 10.2 Å². The van der Waals surface area contributed by atoms with E-state index in [0.717, 1.165) is 24.8 Å². The molecule has 1 saturated carbocycles. The number of alkyl halides is 1. The minimum absolute atomic E-state index is 0.0158. The summed E-state index contributed by atoms with van der Waals surface area (Å²) in [6.07, 6.45) is 7.64. The third kappa shape index (κ3) is 4.97. The summed E-state index contributed by atoms with van der Waals surface area (Å²) in [6.45, 7) is 2.53. The molecular weight excluding hydrogens is 312 g/mol. The van der Waals surface area contributed by atoms with Crippen LogP contribution in [0.5, 0.6) is 5.75 Å². The molecule has 23 heavy (non-hydrogen) atoms. The summed E-state index contributed by atoms with van der Waals surface area (Å²) in [4.78, 5) is 0. The van der Waals surface area contributed by atoms with Crippen LogP contribution in [0, 0.1) is 11.8 Å². The molecule has 3 nitrogen and oxygen atoms in total. The predicted octanol–water partition coefficient (Wildman–Crippen LogP) is 3.91. The Labute approximate surface area is 143 Å². The van der Waals surface area contributed by atoms with Crippen LogP contribution in [0.25, 0.3) is 0 Å². The molecule has 0 bridgehead atoms. The van der Waals surface area contributed by atoms with Gasteiger partial charge in [-0.1, -0.05) is 43.7 Å². The molecule has 2 rings (SSSR count). The number of rotatable bonds is 8. The monoisotopic (exact) mass is 338 g/mol. The fraction of sp³-hybridized carbons (Fsp3) is 0.579. The van der Waals surface area contributed by atoms with Gasteiger partial charge in [0.05, 0.1) is 19.3 Å². The third-order valence-electron chi connectivity index (χ3n) is 4.58. The summed E-state index contributed by atoms with van der Waals surface area (Å²) in [5, 5.41) is 19.6. The lowest BCUT2D eigenvalue weighted by Gasteiger charge is -2.23. The maximum Gasteiger partial charge on any atom is 0.124 e. The molecule has 0 amide bonds. The Morgan fingerprint density at radius 2 is 2.04 bits per heavy atom. The number of allylic oxidation sites excluding steroid dienone is 2. The normalized spacial score (nSPS) is 27.7. The molecular formula is C19H27ClO3. The molecule has 0 aliphatic heterocycles. The van der Waals surface area contributed by atoms with Crippen molar-refractivity contribution >= 4 is 11.6 Å². The first-order valence-corrected chi connectivity index (χ1v) is 8.89. The van der Waals surface area contributed by atoms with Crippen molar-refractivity contribution < 1.29 is 14.9 Å². The third-order valence-corrected chi connectivity index (χ3v) is 5.08. The summed E-state index contributed by atoms with van der Waals surface area (Å²) < 4.78 is 5.89. The Kier molecular flexibility index (Phi) is 7.41. The van der Waals surface area contributed by atoms with E-state index in [1.165, 1.54) is 0 Å². The van der Waals surface area contributed by atoms with Gasteiger partial charge >= 0.3 is 0 Å². The SMILES string of the molecule is CCC/C=C\C[C@@H]1[C@@H](COc2ccccc2CO)[C@H](O)C[C@H]1Cl. The van der Waals surface area contributed by atoms with Gasteiger partial charge in [-0.25, -0.2) is 0 Å². The average Bonchev–Trinajstić information content (AvgIpc) is 2.83. The number of hydrogen-bond acceptors (Lipinski definition) is 3. The lowest BCUT2D eigenvalue weighted by Crippen LogP contribution is -2.27. The Balaban J connectivity index is 1.97. The van der Waals surface area contributed by atoms with Crippen molar-refractivity contribution in [3.05, 3.63) is 42.0 Å². The molecule has 0 spiro atoms. The molecule has 4 atom stereocenters. The molecule has 0 radical (unpaired) electrons. The highest BCUT2D eigenvalue weighted by atomic mass is 35.5. The van der Waals surface area contributed by atoms with Crippen LogP contribution >= 0.6 is 11.6 Å². The van der Waals surface area contributed by atoms with Gasteiger partial charge in [0.1, 0.15) is 5.75 Å². The van der Waals surface area contributed by atoms with Crippen LogP contribution in [0.2, 0.25) is 0 Å². The van der Waals surface area contributed by atoms with E-state index in [1.807, 2.05) is 24.3 Å². The summed E-state index contributed by atoms with van der Waals surface area (Å²) in [6, 6.07) is 7.45. The Bertz CT molecular complexity index is 503. The summed E-state index contributed by atoms with van der Waals surface area (Å²) in [7, 11) is 0. The first-order chi connectivity index (χ1) is 11.2. The largest absolute Gasteiger partial charge is 0.493 e. The van der Waals surface area contributed by atoms with Crippen LogP contribution in [0.4, 0.5) is 0 Å². The quantitative estimate of drug-likeness (QED) is 0.558. The molecule has 1 aliphatic rings.